The molecule has 1 aromatic heterocycles. The van der Waals surface area contributed by atoms with Gasteiger partial charge in [0.2, 0.25) is 11.7 Å². The van der Waals surface area contributed by atoms with Gasteiger partial charge in [0.25, 0.3) is 5.88 Å². The van der Waals surface area contributed by atoms with Crippen molar-refractivity contribution in [3.63, 3.8) is 0 Å². The molecule has 1 fully saturated rings. The number of carbonyl (C=O) groups excluding carboxylic acids is 1. The second-order valence-corrected chi connectivity index (χ2v) is 5.93. The highest BCUT2D eigenvalue weighted by Gasteiger charge is 2.29. The number of hydrogen-bond acceptors (Lipinski definition) is 4. The zero-order valence-electron chi connectivity index (χ0n) is 13.9. The van der Waals surface area contributed by atoms with Crippen molar-refractivity contribution in [2.24, 2.45) is 0 Å². The lowest BCUT2D eigenvalue weighted by Gasteiger charge is -2.17. The quantitative estimate of drug-likeness (QED) is 0.834. The predicted octanol–water partition coefficient (Wildman–Crippen LogP) is 2.54. The molecule has 1 saturated heterocycles. The minimum atomic E-state index is -0.555. The summed E-state index contributed by atoms with van der Waals surface area (Å²) in [5.74, 6) is -1.20. The molecule has 1 aromatic carbocycles. The van der Waals surface area contributed by atoms with Gasteiger partial charge in [-0.3, -0.25) is 4.79 Å². The number of benzene rings is 1. The SMILES string of the molecule is CCc1ncnc(O[C@@H]2CCN(C(=O)Cc3ccccc3F)C2)c1F. The van der Waals surface area contributed by atoms with Crippen LogP contribution in [-0.2, 0) is 17.6 Å². The maximum Gasteiger partial charge on any atom is 0.254 e. The van der Waals surface area contributed by atoms with Crippen LogP contribution in [0.3, 0.4) is 0 Å². The number of aryl methyl sites for hydroxylation is 1. The first-order valence-corrected chi connectivity index (χ1v) is 8.25. The maximum atomic E-state index is 14.1. The van der Waals surface area contributed by atoms with Crippen molar-refractivity contribution in [3.8, 4) is 5.88 Å². The molecule has 2 aromatic rings. The molecule has 0 radical (unpaired) electrons. The van der Waals surface area contributed by atoms with Crippen molar-refractivity contribution in [2.75, 3.05) is 13.1 Å². The van der Waals surface area contributed by atoms with Crippen LogP contribution in [0.2, 0.25) is 0 Å². The summed E-state index contributed by atoms with van der Waals surface area (Å²) in [7, 11) is 0. The third-order valence-corrected chi connectivity index (χ3v) is 4.24. The molecule has 0 aliphatic carbocycles. The van der Waals surface area contributed by atoms with E-state index in [0.717, 1.165) is 0 Å². The molecule has 7 heteroatoms. The van der Waals surface area contributed by atoms with E-state index >= 15 is 0 Å². The van der Waals surface area contributed by atoms with Gasteiger partial charge in [-0.2, -0.15) is 9.37 Å². The van der Waals surface area contributed by atoms with Crippen LogP contribution in [0.5, 0.6) is 5.88 Å². The van der Waals surface area contributed by atoms with Crippen LogP contribution in [0.4, 0.5) is 8.78 Å². The fourth-order valence-corrected chi connectivity index (χ4v) is 2.84. The second-order valence-electron chi connectivity index (χ2n) is 5.93. The summed E-state index contributed by atoms with van der Waals surface area (Å²) in [6.07, 6.45) is 1.96. The van der Waals surface area contributed by atoms with Crippen LogP contribution < -0.4 is 4.74 Å². The Morgan fingerprint density at radius 2 is 2.12 bits per heavy atom. The van der Waals surface area contributed by atoms with Gasteiger partial charge in [0.05, 0.1) is 18.7 Å². The Labute approximate surface area is 144 Å². The summed E-state index contributed by atoms with van der Waals surface area (Å²) in [5.41, 5.74) is 0.668. The predicted molar refractivity (Wildman–Crippen MR) is 87.1 cm³/mol. The van der Waals surface area contributed by atoms with Crippen molar-refractivity contribution in [2.45, 2.75) is 32.3 Å². The number of rotatable bonds is 5. The summed E-state index contributed by atoms with van der Waals surface area (Å²) in [5, 5.41) is 0. The van der Waals surface area contributed by atoms with Gasteiger partial charge in [-0.1, -0.05) is 25.1 Å². The maximum absolute atomic E-state index is 14.1. The normalized spacial score (nSPS) is 16.9. The van der Waals surface area contributed by atoms with Gasteiger partial charge in [-0.15, -0.1) is 0 Å². The first-order chi connectivity index (χ1) is 12.1. The van der Waals surface area contributed by atoms with Crippen molar-refractivity contribution in [3.05, 3.63) is 53.5 Å². The third-order valence-electron chi connectivity index (χ3n) is 4.24. The Bertz CT molecular complexity index is 770. The third kappa shape index (κ3) is 3.92. The van der Waals surface area contributed by atoms with E-state index in [4.69, 9.17) is 4.74 Å². The molecule has 0 N–H and O–H groups in total. The Morgan fingerprint density at radius 1 is 1.32 bits per heavy atom. The number of carbonyl (C=O) groups is 1. The molecule has 1 aliphatic rings. The summed E-state index contributed by atoms with van der Waals surface area (Å²) in [4.78, 5) is 21.6. The van der Waals surface area contributed by atoms with E-state index in [2.05, 4.69) is 9.97 Å². The van der Waals surface area contributed by atoms with Crippen LogP contribution >= 0.6 is 0 Å². The lowest BCUT2D eigenvalue weighted by Crippen LogP contribution is -2.32. The Kier molecular flexibility index (Phi) is 5.21. The van der Waals surface area contributed by atoms with E-state index in [9.17, 15) is 13.6 Å². The Hall–Kier alpha value is -2.57. The van der Waals surface area contributed by atoms with Gasteiger partial charge in [0.15, 0.2) is 0 Å². The number of halogens is 2. The highest BCUT2D eigenvalue weighted by Crippen LogP contribution is 2.21. The fraction of sp³-hybridized carbons (Fsp3) is 0.389. The average molecular weight is 347 g/mol. The van der Waals surface area contributed by atoms with E-state index in [1.807, 2.05) is 0 Å². The highest BCUT2D eigenvalue weighted by molar-refractivity contribution is 5.79. The number of likely N-dealkylation sites (tertiary alicyclic amines) is 1. The summed E-state index contributed by atoms with van der Waals surface area (Å²) >= 11 is 0. The van der Waals surface area contributed by atoms with Gasteiger partial charge in [-0.25, -0.2) is 9.37 Å². The van der Waals surface area contributed by atoms with E-state index < -0.39 is 11.6 Å². The number of aromatic nitrogens is 2. The van der Waals surface area contributed by atoms with Crippen LogP contribution in [0.25, 0.3) is 0 Å². The molecule has 25 heavy (non-hydrogen) atoms. The van der Waals surface area contributed by atoms with Crippen molar-refractivity contribution >= 4 is 5.91 Å². The molecule has 1 aliphatic heterocycles. The topological polar surface area (TPSA) is 55.3 Å². The van der Waals surface area contributed by atoms with Gasteiger partial charge < -0.3 is 9.64 Å². The molecule has 0 saturated carbocycles. The summed E-state index contributed by atoms with van der Waals surface area (Å²) in [6.45, 7) is 2.62. The zero-order valence-corrected chi connectivity index (χ0v) is 13.9. The van der Waals surface area contributed by atoms with Gasteiger partial charge in [0.1, 0.15) is 18.2 Å². The van der Waals surface area contributed by atoms with E-state index in [-0.39, 0.29) is 24.3 Å². The van der Waals surface area contributed by atoms with Crippen LogP contribution in [0.15, 0.2) is 30.6 Å². The molecule has 132 valence electrons. The van der Waals surface area contributed by atoms with Gasteiger partial charge >= 0.3 is 0 Å². The summed E-state index contributed by atoms with van der Waals surface area (Å²) < 4.78 is 33.4. The molecule has 2 heterocycles. The summed E-state index contributed by atoms with van der Waals surface area (Å²) in [6, 6.07) is 6.22. The first kappa shape index (κ1) is 17.3. The molecule has 3 rings (SSSR count). The molecule has 1 atom stereocenters. The molecule has 0 unspecified atom stereocenters. The first-order valence-electron chi connectivity index (χ1n) is 8.25. The molecular formula is C18H19F2N3O2. The van der Waals surface area contributed by atoms with Crippen LogP contribution in [-0.4, -0.2) is 40.0 Å². The lowest BCUT2D eigenvalue weighted by molar-refractivity contribution is -0.129. The molecule has 0 spiro atoms. The molecule has 1 amide bonds. The Balaban J connectivity index is 1.60. The largest absolute Gasteiger partial charge is 0.470 e. The van der Waals surface area contributed by atoms with Crippen molar-refractivity contribution in [1.82, 2.24) is 14.9 Å². The number of ether oxygens (including phenoxy) is 1. The minimum Gasteiger partial charge on any atom is -0.470 e. The highest BCUT2D eigenvalue weighted by atomic mass is 19.1. The van der Waals surface area contributed by atoms with E-state index in [1.54, 1.807) is 30.0 Å². The standard InChI is InChI=1S/C18H19F2N3O2/c1-2-15-17(20)18(22-11-21-15)25-13-7-8-23(10-13)16(24)9-12-5-3-4-6-14(12)19/h3-6,11,13H,2,7-10H2,1H3/t13-/m1/s1. The fourth-order valence-electron chi connectivity index (χ4n) is 2.84. The van der Waals surface area contributed by atoms with Gasteiger partial charge in [0, 0.05) is 13.0 Å². The number of hydrogen-bond donors (Lipinski definition) is 0. The lowest BCUT2D eigenvalue weighted by atomic mass is 10.1. The zero-order chi connectivity index (χ0) is 17.8. The molecule has 5 nitrogen and oxygen atoms in total. The monoisotopic (exact) mass is 347 g/mol. The number of amides is 1. The van der Waals surface area contributed by atoms with Crippen LogP contribution in [0.1, 0.15) is 24.6 Å². The van der Waals surface area contributed by atoms with E-state index in [1.165, 1.54) is 12.4 Å². The second kappa shape index (κ2) is 7.55. The van der Waals surface area contributed by atoms with Crippen LogP contribution in [0, 0.1) is 11.6 Å². The van der Waals surface area contributed by atoms with E-state index in [0.29, 0.717) is 37.2 Å². The molecule has 0 bridgehead atoms. The minimum absolute atomic E-state index is 0.00123. The molecular weight excluding hydrogens is 328 g/mol. The Morgan fingerprint density at radius 3 is 2.88 bits per heavy atom. The smallest absolute Gasteiger partial charge is 0.254 e. The van der Waals surface area contributed by atoms with Crippen molar-refractivity contribution in [1.29, 1.82) is 0 Å². The van der Waals surface area contributed by atoms with Gasteiger partial charge in [-0.05, 0) is 18.1 Å². The average Bonchev–Trinajstić information content (AvgIpc) is 3.07. The number of nitrogens with zero attached hydrogens (tertiary/aromatic N) is 3. The van der Waals surface area contributed by atoms with Crippen molar-refractivity contribution < 1.29 is 18.3 Å².